The van der Waals surface area contributed by atoms with E-state index in [1.165, 1.54) is 24.3 Å². The number of benzene rings is 1. The molecule has 1 unspecified atom stereocenters. The van der Waals surface area contributed by atoms with Crippen LogP contribution >= 0.6 is 0 Å². The summed E-state index contributed by atoms with van der Waals surface area (Å²) in [5.41, 5.74) is -2.60. The van der Waals surface area contributed by atoms with E-state index in [0.29, 0.717) is 11.8 Å². The molecule has 0 saturated heterocycles. The highest BCUT2D eigenvalue weighted by molar-refractivity contribution is 6.02. The summed E-state index contributed by atoms with van der Waals surface area (Å²) >= 11 is 0. The minimum Gasteiger partial charge on any atom is -0.468 e. The number of rotatable bonds is 4. The zero-order valence-electron chi connectivity index (χ0n) is 13.4. The van der Waals surface area contributed by atoms with Crippen molar-refractivity contribution < 1.29 is 37.0 Å². The second kappa shape index (κ2) is 6.70. The van der Waals surface area contributed by atoms with Gasteiger partial charge in [-0.05, 0) is 5.56 Å². The molecule has 0 spiro atoms. The van der Waals surface area contributed by atoms with Gasteiger partial charge in [-0.2, -0.15) is 13.2 Å². The summed E-state index contributed by atoms with van der Waals surface area (Å²) in [4.78, 5) is 35.4. The lowest BCUT2D eigenvalue weighted by Crippen LogP contribution is -2.44. The molecule has 1 aliphatic rings. The van der Waals surface area contributed by atoms with Crippen molar-refractivity contribution in [2.45, 2.75) is 18.5 Å². The fourth-order valence-corrected chi connectivity index (χ4v) is 3.02. The third-order valence-corrected chi connectivity index (χ3v) is 4.26. The predicted octanol–water partition coefficient (Wildman–Crippen LogP) is 2.81. The maximum Gasteiger partial charge on any atom is 0.412 e. The first kappa shape index (κ1) is 18.7. The second-order valence-electron chi connectivity index (χ2n) is 5.58. The maximum atomic E-state index is 13.2. The van der Waals surface area contributed by atoms with E-state index < -0.39 is 41.4 Å². The normalized spacial score (nSPS) is 19.1. The van der Waals surface area contributed by atoms with Crippen molar-refractivity contribution in [3.63, 3.8) is 0 Å². The summed E-state index contributed by atoms with van der Waals surface area (Å²) < 4.78 is 48.9. The van der Waals surface area contributed by atoms with E-state index in [4.69, 9.17) is 0 Å². The third kappa shape index (κ3) is 3.16. The van der Waals surface area contributed by atoms with Gasteiger partial charge in [-0.25, -0.2) is 0 Å². The molecular formula is C17H15F3O5. The highest BCUT2D eigenvalue weighted by Gasteiger charge is 2.61. The molecule has 1 atom stereocenters. The molecule has 0 aliphatic heterocycles. The van der Waals surface area contributed by atoms with Gasteiger partial charge in [0.15, 0.2) is 5.41 Å². The molecule has 25 heavy (non-hydrogen) atoms. The molecule has 0 N–H and O–H groups in total. The smallest absolute Gasteiger partial charge is 0.412 e. The van der Waals surface area contributed by atoms with Crippen LogP contribution in [0.15, 0.2) is 35.9 Å². The number of ether oxygens (including phenoxy) is 2. The van der Waals surface area contributed by atoms with E-state index in [1.807, 2.05) is 0 Å². The van der Waals surface area contributed by atoms with E-state index in [1.54, 1.807) is 0 Å². The Bertz CT molecular complexity index is 703. The second-order valence-corrected chi connectivity index (χ2v) is 5.58. The number of halogens is 3. The van der Waals surface area contributed by atoms with Gasteiger partial charge in [0, 0.05) is 23.5 Å². The minimum absolute atomic E-state index is 0.264. The molecule has 134 valence electrons. The Morgan fingerprint density at radius 2 is 1.64 bits per heavy atom. The molecule has 0 aromatic heterocycles. The molecular weight excluding hydrogens is 341 g/mol. The monoisotopic (exact) mass is 356 g/mol. The molecule has 0 saturated carbocycles. The quantitative estimate of drug-likeness (QED) is 0.359. The van der Waals surface area contributed by atoms with Crippen LogP contribution in [0.3, 0.4) is 0 Å². The van der Waals surface area contributed by atoms with Crippen molar-refractivity contribution in [2.24, 2.45) is 5.41 Å². The number of allylic oxidation sites excluding steroid dienone is 2. The van der Waals surface area contributed by atoms with Crippen molar-refractivity contribution in [3.8, 4) is 0 Å². The molecule has 8 heteroatoms. The van der Waals surface area contributed by atoms with Crippen LogP contribution in [-0.4, -0.2) is 38.6 Å². The van der Waals surface area contributed by atoms with E-state index in [-0.39, 0.29) is 5.56 Å². The molecule has 0 amide bonds. The van der Waals surface area contributed by atoms with Crippen LogP contribution in [0.5, 0.6) is 0 Å². The number of carbonyl (C=O) groups excluding carboxylic acids is 3. The van der Waals surface area contributed by atoms with Gasteiger partial charge in [0.05, 0.1) is 14.2 Å². The third-order valence-electron chi connectivity index (χ3n) is 4.26. The maximum absolute atomic E-state index is 13.2. The Kier molecular flexibility index (Phi) is 5.01. The Hall–Kier alpha value is -2.64. The minimum atomic E-state index is -4.70. The zero-order chi connectivity index (χ0) is 18.8. The molecule has 0 bridgehead atoms. The van der Waals surface area contributed by atoms with Gasteiger partial charge in [-0.3, -0.25) is 14.4 Å². The number of hydrogen-bond donors (Lipinski definition) is 0. The fraction of sp³-hybridized carbons (Fsp3) is 0.353. The first-order valence-corrected chi connectivity index (χ1v) is 7.20. The van der Waals surface area contributed by atoms with Crippen LogP contribution in [0.1, 0.15) is 28.3 Å². The molecule has 1 aromatic carbocycles. The average Bonchev–Trinajstić information content (AvgIpc) is 3.02. The van der Waals surface area contributed by atoms with Crippen molar-refractivity contribution in [2.75, 3.05) is 14.2 Å². The SMILES string of the molecule is COC(=O)C1(C(=O)OC)CC(C(F)(F)F)=CC1c1ccc(C=O)cc1. The summed E-state index contributed by atoms with van der Waals surface area (Å²) in [6.07, 6.45) is -4.17. The highest BCUT2D eigenvalue weighted by Crippen LogP contribution is 2.53. The van der Waals surface area contributed by atoms with Crippen LogP contribution in [0.4, 0.5) is 13.2 Å². The number of methoxy groups -OCH3 is 2. The molecule has 5 nitrogen and oxygen atoms in total. The molecule has 1 aromatic rings. The number of esters is 2. The standard InChI is InChI=1S/C17H15F3O5/c1-24-14(22)16(15(23)25-2)8-12(17(18,19)20)7-13(16)11-5-3-10(9-21)4-6-11/h3-7,9,13H,8H2,1-2H3. The number of alkyl halides is 3. The van der Waals surface area contributed by atoms with E-state index in [2.05, 4.69) is 9.47 Å². The van der Waals surface area contributed by atoms with Crippen molar-refractivity contribution in [1.82, 2.24) is 0 Å². The van der Waals surface area contributed by atoms with Crippen LogP contribution in [0.2, 0.25) is 0 Å². The molecule has 2 rings (SSSR count). The number of hydrogen-bond acceptors (Lipinski definition) is 5. The van der Waals surface area contributed by atoms with Crippen LogP contribution in [0, 0.1) is 5.41 Å². The van der Waals surface area contributed by atoms with Gasteiger partial charge in [0.25, 0.3) is 0 Å². The largest absolute Gasteiger partial charge is 0.468 e. The van der Waals surface area contributed by atoms with Gasteiger partial charge < -0.3 is 9.47 Å². The molecule has 0 radical (unpaired) electrons. The summed E-state index contributed by atoms with van der Waals surface area (Å²) in [6.45, 7) is 0. The van der Waals surface area contributed by atoms with Gasteiger partial charge in [-0.15, -0.1) is 0 Å². The number of aldehydes is 1. The van der Waals surface area contributed by atoms with E-state index in [0.717, 1.165) is 20.3 Å². The molecule has 0 heterocycles. The average molecular weight is 356 g/mol. The molecule has 0 fully saturated rings. The first-order valence-electron chi connectivity index (χ1n) is 7.20. The van der Waals surface area contributed by atoms with Gasteiger partial charge >= 0.3 is 18.1 Å². The van der Waals surface area contributed by atoms with Crippen LogP contribution in [0.25, 0.3) is 0 Å². The Balaban J connectivity index is 2.64. The van der Waals surface area contributed by atoms with E-state index in [9.17, 15) is 27.6 Å². The first-order chi connectivity index (χ1) is 11.7. The Labute approximate surface area is 141 Å². The Morgan fingerprint density at radius 3 is 2.04 bits per heavy atom. The van der Waals surface area contributed by atoms with Crippen molar-refractivity contribution in [3.05, 3.63) is 47.0 Å². The van der Waals surface area contributed by atoms with Crippen LogP contribution < -0.4 is 0 Å². The summed E-state index contributed by atoms with van der Waals surface area (Å²) in [7, 11) is 1.98. The highest BCUT2D eigenvalue weighted by atomic mass is 19.4. The van der Waals surface area contributed by atoms with Gasteiger partial charge in [-0.1, -0.05) is 30.3 Å². The van der Waals surface area contributed by atoms with Crippen molar-refractivity contribution >= 4 is 18.2 Å². The summed E-state index contributed by atoms with van der Waals surface area (Å²) in [6, 6.07) is 5.57. The summed E-state index contributed by atoms with van der Waals surface area (Å²) in [5.74, 6) is -3.46. The fourth-order valence-electron chi connectivity index (χ4n) is 3.02. The summed E-state index contributed by atoms with van der Waals surface area (Å²) in [5, 5.41) is 0. The van der Waals surface area contributed by atoms with Crippen LogP contribution in [-0.2, 0) is 19.1 Å². The number of carbonyl (C=O) groups is 3. The molecule has 1 aliphatic carbocycles. The lowest BCUT2D eigenvalue weighted by atomic mass is 9.73. The van der Waals surface area contributed by atoms with Gasteiger partial charge in [0.1, 0.15) is 6.29 Å². The van der Waals surface area contributed by atoms with E-state index >= 15 is 0 Å². The Morgan fingerprint density at radius 1 is 1.12 bits per heavy atom. The lowest BCUT2D eigenvalue weighted by Gasteiger charge is -2.30. The van der Waals surface area contributed by atoms with Crippen molar-refractivity contribution in [1.29, 1.82) is 0 Å². The van der Waals surface area contributed by atoms with Gasteiger partial charge in [0.2, 0.25) is 0 Å². The lowest BCUT2D eigenvalue weighted by molar-refractivity contribution is -0.170. The predicted molar refractivity (Wildman–Crippen MR) is 79.8 cm³/mol. The topological polar surface area (TPSA) is 69.7 Å². The zero-order valence-corrected chi connectivity index (χ0v) is 13.4.